The average molecular weight is 164 g/mol. The summed E-state index contributed by atoms with van der Waals surface area (Å²) in [6, 6.07) is 1.87. The maximum atomic E-state index is 8.26. The van der Waals surface area contributed by atoms with Crippen molar-refractivity contribution in [3.05, 3.63) is 21.3 Å². The molecule has 0 unspecified atom stereocenters. The highest BCUT2D eigenvalue weighted by Gasteiger charge is 1.97. The molecule has 0 saturated carbocycles. The van der Waals surface area contributed by atoms with Gasteiger partial charge in [-0.3, -0.25) is 0 Å². The summed E-state index contributed by atoms with van der Waals surface area (Å²) < 4.78 is 0.733. The van der Waals surface area contributed by atoms with Crippen molar-refractivity contribution in [2.45, 2.75) is 6.54 Å². The highest BCUT2D eigenvalue weighted by Crippen LogP contribution is 2.21. The van der Waals surface area contributed by atoms with Gasteiger partial charge in [-0.25, -0.2) is 5.48 Å². The van der Waals surface area contributed by atoms with E-state index in [2.05, 4.69) is 0 Å². The second kappa shape index (κ2) is 3.17. The van der Waals surface area contributed by atoms with E-state index in [4.69, 9.17) is 16.8 Å². The first-order valence-electron chi connectivity index (χ1n) is 2.43. The molecule has 0 amide bonds. The van der Waals surface area contributed by atoms with Crippen LogP contribution in [0.1, 0.15) is 5.56 Å². The topological polar surface area (TPSA) is 32.3 Å². The molecule has 0 aromatic carbocycles. The Morgan fingerprint density at radius 2 is 2.56 bits per heavy atom. The van der Waals surface area contributed by atoms with Crippen LogP contribution in [0.2, 0.25) is 4.34 Å². The molecule has 1 aromatic rings. The SMILES string of the molecule is ONCc1ccsc1Cl. The summed E-state index contributed by atoms with van der Waals surface area (Å²) in [7, 11) is 0. The van der Waals surface area contributed by atoms with Gasteiger partial charge < -0.3 is 5.21 Å². The smallest absolute Gasteiger partial charge is 0.0974 e. The van der Waals surface area contributed by atoms with E-state index in [9.17, 15) is 0 Å². The first kappa shape index (κ1) is 7.02. The normalized spacial score (nSPS) is 10.0. The Balaban J connectivity index is 2.69. The minimum atomic E-state index is 0.419. The number of hydrogen-bond acceptors (Lipinski definition) is 3. The lowest BCUT2D eigenvalue weighted by molar-refractivity contribution is 0.161. The molecule has 1 aromatic heterocycles. The third-order valence-corrected chi connectivity index (χ3v) is 2.21. The van der Waals surface area contributed by atoms with Crippen LogP contribution >= 0.6 is 22.9 Å². The van der Waals surface area contributed by atoms with E-state index in [0.717, 1.165) is 9.90 Å². The molecule has 0 atom stereocenters. The second-order valence-electron chi connectivity index (χ2n) is 1.55. The van der Waals surface area contributed by atoms with Crippen molar-refractivity contribution in [2.24, 2.45) is 0 Å². The van der Waals surface area contributed by atoms with Gasteiger partial charge in [0, 0.05) is 6.54 Å². The van der Waals surface area contributed by atoms with Gasteiger partial charge in [-0.15, -0.1) is 11.3 Å². The molecule has 0 fully saturated rings. The van der Waals surface area contributed by atoms with Crippen molar-refractivity contribution in [2.75, 3.05) is 0 Å². The number of hydrogen-bond donors (Lipinski definition) is 2. The van der Waals surface area contributed by atoms with Gasteiger partial charge in [0.25, 0.3) is 0 Å². The molecule has 50 valence electrons. The lowest BCUT2D eigenvalue weighted by Crippen LogP contribution is -2.04. The Hall–Kier alpha value is -0.0900. The molecule has 9 heavy (non-hydrogen) atoms. The zero-order valence-electron chi connectivity index (χ0n) is 4.60. The maximum Gasteiger partial charge on any atom is 0.0974 e. The van der Waals surface area contributed by atoms with E-state index in [0.29, 0.717) is 6.54 Å². The quantitative estimate of drug-likeness (QED) is 0.653. The van der Waals surface area contributed by atoms with Crippen LogP contribution in [0, 0.1) is 0 Å². The van der Waals surface area contributed by atoms with Crippen molar-refractivity contribution < 1.29 is 5.21 Å². The van der Waals surface area contributed by atoms with Crippen LogP contribution in [-0.2, 0) is 6.54 Å². The highest BCUT2D eigenvalue weighted by molar-refractivity contribution is 7.14. The number of rotatable bonds is 2. The van der Waals surface area contributed by atoms with Gasteiger partial charge in [-0.05, 0) is 17.0 Å². The van der Waals surface area contributed by atoms with Crippen LogP contribution in [0.5, 0.6) is 0 Å². The average Bonchev–Trinajstić information content (AvgIpc) is 2.18. The molecule has 0 bridgehead atoms. The molecule has 0 aliphatic carbocycles. The molecule has 0 spiro atoms. The van der Waals surface area contributed by atoms with Gasteiger partial charge in [-0.1, -0.05) is 11.6 Å². The molecule has 4 heteroatoms. The van der Waals surface area contributed by atoms with Crippen molar-refractivity contribution in [1.82, 2.24) is 5.48 Å². The lowest BCUT2D eigenvalue weighted by atomic mass is 10.3. The van der Waals surface area contributed by atoms with Crippen molar-refractivity contribution in [3.63, 3.8) is 0 Å². The fourth-order valence-electron chi connectivity index (χ4n) is 0.531. The number of thiophene rings is 1. The zero-order chi connectivity index (χ0) is 6.69. The summed E-state index contributed by atoms with van der Waals surface area (Å²) in [6.45, 7) is 0.419. The molecule has 0 saturated heterocycles. The Morgan fingerprint density at radius 3 is 3.00 bits per heavy atom. The van der Waals surface area contributed by atoms with Crippen LogP contribution in [0.3, 0.4) is 0 Å². The highest BCUT2D eigenvalue weighted by atomic mass is 35.5. The summed E-state index contributed by atoms with van der Waals surface area (Å²) in [5, 5.41) is 10.1. The van der Waals surface area contributed by atoms with E-state index in [1.165, 1.54) is 11.3 Å². The van der Waals surface area contributed by atoms with E-state index in [1.807, 2.05) is 16.9 Å². The van der Waals surface area contributed by atoms with Gasteiger partial charge in [-0.2, -0.15) is 0 Å². The van der Waals surface area contributed by atoms with Crippen LogP contribution in [0.15, 0.2) is 11.4 Å². The molecule has 1 heterocycles. The number of halogens is 1. The summed E-state index contributed by atoms with van der Waals surface area (Å²) in [5.41, 5.74) is 2.97. The van der Waals surface area contributed by atoms with Gasteiger partial charge in [0.1, 0.15) is 0 Å². The lowest BCUT2D eigenvalue weighted by Gasteiger charge is -1.92. The Labute approximate surface area is 62.0 Å². The standard InChI is InChI=1S/C5H6ClNOS/c6-5-4(3-7-8)1-2-9-5/h1-2,7-8H,3H2. The Bertz CT molecular complexity index is 189. The maximum absolute atomic E-state index is 8.26. The molecule has 2 N–H and O–H groups in total. The van der Waals surface area contributed by atoms with Gasteiger partial charge in [0.05, 0.1) is 4.34 Å². The van der Waals surface area contributed by atoms with Crippen molar-refractivity contribution >= 4 is 22.9 Å². The van der Waals surface area contributed by atoms with Gasteiger partial charge in [0.2, 0.25) is 0 Å². The molecule has 2 nitrogen and oxygen atoms in total. The summed E-state index contributed by atoms with van der Waals surface area (Å²) in [4.78, 5) is 0. The summed E-state index contributed by atoms with van der Waals surface area (Å²) in [5.74, 6) is 0. The van der Waals surface area contributed by atoms with E-state index < -0.39 is 0 Å². The molecule has 0 radical (unpaired) electrons. The van der Waals surface area contributed by atoms with Crippen molar-refractivity contribution in [3.8, 4) is 0 Å². The first-order valence-corrected chi connectivity index (χ1v) is 3.69. The molecular weight excluding hydrogens is 158 g/mol. The fourth-order valence-corrected chi connectivity index (χ4v) is 1.46. The fraction of sp³-hybridized carbons (Fsp3) is 0.200. The molecule has 0 aliphatic rings. The van der Waals surface area contributed by atoms with E-state index >= 15 is 0 Å². The largest absolute Gasteiger partial charge is 0.316 e. The van der Waals surface area contributed by atoms with Gasteiger partial charge >= 0.3 is 0 Å². The van der Waals surface area contributed by atoms with Crippen LogP contribution in [0.25, 0.3) is 0 Å². The zero-order valence-corrected chi connectivity index (χ0v) is 6.17. The van der Waals surface area contributed by atoms with Crippen LogP contribution in [0.4, 0.5) is 0 Å². The Kier molecular flexibility index (Phi) is 2.48. The number of hydroxylamine groups is 1. The van der Waals surface area contributed by atoms with E-state index in [1.54, 1.807) is 0 Å². The van der Waals surface area contributed by atoms with Crippen LogP contribution < -0.4 is 5.48 Å². The minimum absolute atomic E-state index is 0.419. The van der Waals surface area contributed by atoms with Crippen molar-refractivity contribution in [1.29, 1.82) is 0 Å². The molecule has 1 rings (SSSR count). The monoisotopic (exact) mass is 163 g/mol. The third-order valence-electron chi connectivity index (χ3n) is 0.963. The predicted octanol–water partition coefficient (Wildman–Crippen LogP) is 1.88. The Morgan fingerprint density at radius 1 is 1.78 bits per heavy atom. The summed E-state index contributed by atoms with van der Waals surface area (Å²) >= 11 is 7.14. The van der Waals surface area contributed by atoms with Gasteiger partial charge in [0.15, 0.2) is 0 Å². The predicted molar refractivity (Wildman–Crippen MR) is 38.0 cm³/mol. The first-order chi connectivity index (χ1) is 4.34. The van der Waals surface area contributed by atoms with Crippen LogP contribution in [-0.4, -0.2) is 5.21 Å². The molecule has 0 aliphatic heterocycles. The van der Waals surface area contributed by atoms with E-state index in [-0.39, 0.29) is 0 Å². The summed E-state index contributed by atoms with van der Waals surface area (Å²) in [6.07, 6.45) is 0. The third kappa shape index (κ3) is 1.66. The molecular formula is C5H6ClNOS. The number of nitrogens with one attached hydrogen (secondary N) is 1. The second-order valence-corrected chi connectivity index (χ2v) is 3.07. The minimum Gasteiger partial charge on any atom is -0.316 e.